The zero-order chi connectivity index (χ0) is 21.3. The minimum Gasteiger partial charge on any atom is -0.420 e. The van der Waals surface area contributed by atoms with Crippen LogP contribution >= 0.6 is 0 Å². The number of carbonyl (C=O) groups is 1. The minimum atomic E-state index is -0.762. The molecule has 152 valence electrons. The van der Waals surface area contributed by atoms with Crippen LogP contribution in [0.2, 0.25) is 0 Å². The summed E-state index contributed by atoms with van der Waals surface area (Å²) in [6, 6.07) is 12.1. The number of aromatic nitrogens is 2. The predicted molar refractivity (Wildman–Crippen MR) is 111 cm³/mol. The zero-order valence-electron chi connectivity index (χ0n) is 16.8. The lowest BCUT2D eigenvalue weighted by Gasteiger charge is -2.07. The van der Waals surface area contributed by atoms with Crippen molar-refractivity contribution >= 4 is 5.97 Å². The maximum Gasteiger partial charge on any atom is 0.343 e. The number of nitriles is 1. The number of ether oxygens (including phenoxy) is 1. The molecule has 1 heterocycles. The van der Waals surface area contributed by atoms with E-state index in [2.05, 4.69) is 16.9 Å². The molecule has 0 fully saturated rings. The Kier molecular flexibility index (Phi) is 7.23. The minimum absolute atomic E-state index is 0.156. The first kappa shape index (κ1) is 21.1. The van der Waals surface area contributed by atoms with Crippen molar-refractivity contribution in [3.63, 3.8) is 0 Å². The molecular weight excluding hydrogens is 381 g/mol. The lowest BCUT2D eigenvalue weighted by Crippen LogP contribution is -2.09. The Bertz CT molecular complexity index is 1040. The fourth-order valence-corrected chi connectivity index (χ4v) is 2.96. The summed E-state index contributed by atoms with van der Waals surface area (Å²) in [5.41, 5.74) is 2.31. The van der Waals surface area contributed by atoms with E-state index in [0.717, 1.165) is 30.0 Å². The van der Waals surface area contributed by atoms with Crippen LogP contribution in [0.15, 0.2) is 54.9 Å². The van der Waals surface area contributed by atoms with Gasteiger partial charge in [0, 0.05) is 18.0 Å². The van der Waals surface area contributed by atoms with Crippen molar-refractivity contribution in [1.29, 1.82) is 5.26 Å². The molecular formula is C24H22FN3O2. The van der Waals surface area contributed by atoms with Gasteiger partial charge in [-0.1, -0.05) is 38.3 Å². The topological polar surface area (TPSA) is 75.9 Å². The van der Waals surface area contributed by atoms with Crippen LogP contribution in [0.3, 0.4) is 0 Å². The molecule has 0 unspecified atom stereocenters. The van der Waals surface area contributed by atoms with Crippen molar-refractivity contribution in [3.05, 3.63) is 77.4 Å². The Morgan fingerprint density at radius 3 is 2.43 bits per heavy atom. The first-order chi connectivity index (χ1) is 14.6. The standard InChI is InChI=1S/C24H22FN3O2/c1-2-3-4-5-6-18-15-27-23(28-16-18)19-8-10-20(11-9-19)24(29)30-22-12-7-17(14-26)13-21(22)25/h7-13,15-16H,2-6H2,1H3. The molecule has 3 aromatic rings. The van der Waals surface area contributed by atoms with E-state index in [1.807, 2.05) is 18.5 Å². The van der Waals surface area contributed by atoms with Gasteiger partial charge in [0.05, 0.1) is 17.2 Å². The van der Waals surface area contributed by atoms with Crippen molar-refractivity contribution in [1.82, 2.24) is 9.97 Å². The van der Waals surface area contributed by atoms with Crippen LogP contribution in [0, 0.1) is 17.1 Å². The molecule has 0 spiro atoms. The van der Waals surface area contributed by atoms with Gasteiger partial charge in [-0.05, 0) is 48.7 Å². The average Bonchev–Trinajstić information content (AvgIpc) is 2.78. The van der Waals surface area contributed by atoms with Gasteiger partial charge in [-0.25, -0.2) is 19.2 Å². The van der Waals surface area contributed by atoms with Gasteiger partial charge < -0.3 is 4.74 Å². The Labute approximate surface area is 175 Å². The first-order valence-electron chi connectivity index (χ1n) is 9.94. The number of rotatable bonds is 8. The number of carbonyl (C=O) groups excluding carboxylic acids is 1. The van der Waals surface area contributed by atoms with E-state index in [4.69, 9.17) is 10.00 Å². The van der Waals surface area contributed by atoms with Crippen LogP contribution < -0.4 is 4.74 Å². The third-order valence-electron chi connectivity index (χ3n) is 4.67. The van der Waals surface area contributed by atoms with E-state index in [0.29, 0.717) is 5.82 Å². The Morgan fingerprint density at radius 1 is 1.07 bits per heavy atom. The molecule has 5 nitrogen and oxygen atoms in total. The van der Waals surface area contributed by atoms with Crippen LogP contribution in [0.5, 0.6) is 5.75 Å². The van der Waals surface area contributed by atoms with Crippen LogP contribution in [0.1, 0.15) is 54.1 Å². The molecule has 0 saturated heterocycles. The number of hydrogen-bond acceptors (Lipinski definition) is 5. The van der Waals surface area contributed by atoms with Crippen molar-refractivity contribution in [2.45, 2.75) is 39.0 Å². The number of aryl methyl sites for hydroxylation is 1. The van der Waals surface area contributed by atoms with Crippen molar-refractivity contribution in [2.75, 3.05) is 0 Å². The molecule has 0 radical (unpaired) electrons. The zero-order valence-corrected chi connectivity index (χ0v) is 16.8. The SMILES string of the molecule is CCCCCCc1cnc(-c2ccc(C(=O)Oc3ccc(C#N)cc3F)cc2)nc1. The molecule has 1 aromatic heterocycles. The second-order valence-corrected chi connectivity index (χ2v) is 6.95. The number of esters is 1. The van der Waals surface area contributed by atoms with Gasteiger partial charge in [0.15, 0.2) is 17.4 Å². The smallest absolute Gasteiger partial charge is 0.343 e. The van der Waals surface area contributed by atoms with Crippen LogP contribution in [0.4, 0.5) is 4.39 Å². The third kappa shape index (κ3) is 5.48. The molecule has 0 aliphatic heterocycles. The fourth-order valence-electron chi connectivity index (χ4n) is 2.96. The summed E-state index contributed by atoms with van der Waals surface area (Å²) in [6.07, 6.45) is 9.44. The molecule has 6 heteroatoms. The normalized spacial score (nSPS) is 10.4. The summed E-state index contributed by atoms with van der Waals surface area (Å²) in [4.78, 5) is 21.1. The highest BCUT2D eigenvalue weighted by atomic mass is 19.1. The number of unbranched alkanes of at least 4 members (excludes halogenated alkanes) is 3. The van der Waals surface area contributed by atoms with E-state index in [1.54, 1.807) is 24.3 Å². The molecule has 3 rings (SSSR count). The lowest BCUT2D eigenvalue weighted by molar-refractivity contribution is 0.0728. The summed E-state index contributed by atoms with van der Waals surface area (Å²) < 4.78 is 19.0. The number of halogens is 1. The summed E-state index contributed by atoms with van der Waals surface area (Å²) in [5.74, 6) is -1.10. The molecule has 0 amide bonds. The summed E-state index contributed by atoms with van der Waals surface area (Å²) in [6.45, 7) is 2.19. The summed E-state index contributed by atoms with van der Waals surface area (Å²) in [7, 11) is 0. The van der Waals surface area contributed by atoms with Crippen molar-refractivity contribution in [3.8, 4) is 23.2 Å². The Morgan fingerprint density at radius 2 is 1.80 bits per heavy atom. The fraction of sp³-hybridized carbons (Fsp3) is 0.250. The van der Waals surface area contributed by atoms with Crippen LogP contribution in [-0.4, -0.2) is 15.9 Å². The van der Waals surface area contributed by atoms with E-state index in [9.17, 15) is 9.18 Å². The Hall–Kier alpha value is -3.59. The van der Waals surface area contributed by atoms with Crippen LogP contribution in [-0.2, 0) is 6.42 Å². The quantitative estimate of drug-likeness (QED) is 0.282. The van der Waals surface area contributed by atoms with Crippen LogP contribution in [0.25, 0.3) is 11.4 Å². The number of benzene rings is 2. The highest BCUT2D eigenvalue weighted by Gasteiger charge is 2.13. The maximum atomic E-state index is 13.9. The molecule has 0 bridgehead atoms. The molecule has 0 aliphatic rings. The molecule has 30 heavy (non-hydrogen) atoms. The monoisotopic (exact) mass is 403 g/mol. The van der Waals surface area contributed by atoms with E-state index in [1.165, 1.54) is 31.4 Å². The molecule has 0 aliphatic carbocycles. The molecule has 0 N–H and O–H groups in total. The van der Waals surface area contributed by atoms with E-state index < -0.39 is 11.8 Å². The highest BCUT2D eigenvalue weighted by molar-refractivity contribution is 5.91. The second kappa shape index (κ2) is 10.3. The third-order valence-corrected chi connectivity index (χ3v) is 4.67. The van der Waals surface area contributed by atoms with E-state index >= 15 is 0 Å². The van der Waals surface area contributed by atoms with Gasteiger partial charge in [0.2, 0.25) is 0 Å². The number of hydrogen-bond donors (Lipinski definition) is 0. The van der Waals surface area contributed by atoms with Gasteiger partial charge in [-0.3, -0.25) is 0 Å². The van der Waals surface area contributed by atoms with Crippen molar-refractivity contribution < 1.29 is 13.9 Å². The summed E-state index contributed by atoms with van der Waals surface area (Å²) in [5, 5.41) is 8.77. The largest absolute Gasteiger partial charge is 0.420 e. The molecule has 0 saturated carbocycles. The van der Waals surface area contributed by atoms with Gasteiger partial charge in [0.1, 0.15) is 0 Å². The maximum absolute atomic E-state index is 13.9. The van der Waals surface area contributed by atoms with Crippen molar-refractivity contribution in [2.24, 2.45) is 0 Å². The Balaban J connectivity index is 1.63. The lowest BCUT2D eigenvalue weighted by atomic mass is 10.1. The first-order valence-corrected chi connectivity index (χ1v) is 9.94. The highest BCUT2D eigenvalue weighted by Crippen LogP contribution is 2.21. The van der Waals surface area contributed by atoms with Gasteiger partial charge in [-0.15, -0.1) is 0 Å². The second-order valence-electron chi connectivity index (χ2n) is 6.95. The number of nitrogens with zero attached hydrogens (tertiary/aromatic N) is 3. The molecule has 2 aromatic carbocycles. The van der Waals surface area contributed by atoms with Gasteiger partial charge in [0.25, 0.3) is 0 Å². The van der Waals surface area contributed by atoms with E-state index in [-0.39, 0.29) is 16.9 Å². The molecule has 0 atom stereocenters. The average molecular weight is 403 g/mol. The summed E-state index contributed by atoms with van der Waals surface area (Å²) >= 11 is 0. The van der Waals surface area contributed by atoms with Gasteiger partial charge >= 0.3 is 5.97 Å². The van der Waals surface area contributed by atoms with Gasteiger partial charge in [-0.2, -0.15) is 5.26 Å². The predicted octanol–water partition coefficient (Wildman–Crippen LogP) is 5.50.